The first-order valence-corrected chi connectivity index (χ1v) is 26.7. The third kappa shape index (κ3) is 6.22. The number of aromatic nitrogens is 5. The predicted octanol–water partition coefficient (Wildman–Crippen LogP) is 17.8. The third-order valence-electron chi connectivity index (χ3n) is 15.8. The Kier molecular flexibility index (Phi) is 9.35. The summed E-state index contributed by atoms with van der Waals surface area (Å²) in [4.78, 5) is 16.5. The summed E-state index contributed by atoms with van der Waals surface area (Å²) >= 11 is 1.81. The normalized spacial score (nSPS) is 12.8. The number of para-hydroxylation sites is 3. The van der Waals surface area contributed by atoms with Crippen molar-refractivity contribution in [1.29, 1.82) is 0 Å². The molecule has 6 heteroatoms. The van der Waals surface area contributed by atoms with Crippen LogP contribution in [0.15, 0.2) is 261 Å². The van der Waals surface area contributed by atoms with E-state index in [0.29, 0.717) is 17.5 Å². The summed E-state index contributed by atoms with van der Waals surface area (Å²) in [6.45, 7) is 0. The number of benzene rings is 11. The quantitative estimate of drug-likeness (QED) is 0.160. The summed E-state index contributed by atoms with van der Waals surface area (Å²) in [5, 5.41) is 7.16. The Balaban J connectivity index is 0.971. The van der Waals surface area contributed by atoms with Gasteiger partial charge in [-0.1, -0.05) is 200 Å². The van der Waals surface area contributed by atoms with Crippen molar-refractivity contribution in [2.45, 2.75) is 5.41 Å². The zero-order chi connectivity index (χ0) is 49.9. The Bertz CT molecular complexity index is 4770. The average molecular weight is 986 g/mol. The minimum absolute atomic E-state index is 0.581. The third-order valence-corrected chi connectivity index (χ3v) is 16.9. The fourth-order valence-electron chi connectivity index (χ4n) is 12.6. The summed E-state index contributed by atoms with van der Waals surface area (Å²) in [7, 11) is 0. The molecule has 15 aromatic rings. The summed E-state index contributed by atoms with van der Waals surface area (Å²) < 4.78 is 7.23. The molecule has 0 atom stereocenters. The van der Waals surface area contributed by atoms with Gasteiger partial charge in [0.25, 0.3) is 0 Å². The molecule has 0 amide bonds. The second kappa shape index (κ2) is 16.6. The highest BCUT2D eigenvalue weighted by Crippen LogP contribution is 2.57. The number of rotatable bonds is 7. The van der Waals surface area contributed by atoms with Crippen LogP contribution in [-0.2, 0) is 5.41 Å². The van der Waals surface area contributed by atoms with Crippen molar-refractivity contribution in [3.05, 3.63) is 283 Å². The highest BCUT2D eigenvalue weighted by Gasteiger charge is 2.46. The van der Waals surface area contributed by atoms with Crippen molar-refractivity contribution >= 4 is 75.1 Å². The molecule has 1 aliphatic rings. The molecule has 0 saturated heterocycles. The minimum Gasteiger partial charge on any atom is -0.309 e. The van der Waals surface area contributed by atoms with Crippen LogP contribution in [-0.4, -0.2) is 24.1 Å². The zero-order valence-corrected chi connectivity index (χ0v) is 41.8. The number of thiophene rings is 1. The molecule has 76 heavy (non-hydrogen) atoms. The number of fused-ring (bicyclic) bond motifs is 12. The molecule has 354 valence electrons. The molecule has 0 N–H and O–H groups in total. The van der Waals surface area contributed by atoms with Gasteiger partial charge in [-0.2, -0.15) is 0 Å². The lowest BCUT2D eigenvalue weighted by Crippen LogP contribution is -2.28. The van der Waals surface area contributed by atoms with Gasteiger partial charge in [-0.05, 0) is 94.0 Å². The summed E-state index contributed by atoms with van der Waals surface area (Å²) in [5.74, 6) is 1.85. The van der Waals surface area contributed by atoms with Crippen molar-refractivity contribution in [2.24, 2.45) is 0 Å². The van der Waals surface area contributed by atoms with E-state index in [1.54, 1.807) is 0 Å². The minimum atomic E-state index is -0.581. The summed E-state index contributed by atoms with van der Waals surface area (Å²) in [6, 6.07) is 94.5. The highest BCUT2D eigenvalue weighted by molar-refractivity contribution is 7.26. The van der Waals surface area contributed by atoms with Crippen LogP contribution in [0.25, 0.3) is 120 Å². The van der Waals surface area contributed by atoms with Gasteiger partial charge in [-0.25, -0.2) is 15.0 Å². The van der Waals surface area contributed by atoms with Gasteiger partial charge in [0.05, 0.1) is 27.5 Å². The standard InChI is InChI=1S/C70H43N5S/c1-5-21-44(22-6-1)67-71-68(45-37-38-51-50-29-13-17-33-58(50)70(59(51)39-45,46-23-7-2-8-24-46)47-25-9-3-10-26-47)73-69(72-67)57-40-49(41-65-66(57)54-32-16-20-36-64(54)76-65)75-61-35-19-15-31-53(61)56-42-55-52-30-14-18-34-60(52)74(62(55)43-63(56)75)48-27-11-4-12-28-48/h1-43H. The molecule has 1 aliphatic carbocycles. The molecule has 4 aromatic heterocycles. The van der Waals surface area contributed by atoms with Crippen molar-refractivity contribution in [3.63, 3.8) is 0 Å². The van der Waals surface area contributed by atoms with Crippen LogP contribution in [0.3, 0.4) is 0 Å². The fourth-order valence-corrected chi connectivity index (χ4v) is 13.8. The highest BCUT2D eigenvalue weighted by atomic mass is 32.1. The Morgan fingerprint density at radius 2 is 0.829 bits per heavy atom. The number of hydrogen-bond donors (Lipinski definition) is 0. The average Bonchev–Trinajstić information content (AvgIpc) is 4.30. The van der Waals surface area contributed by atoms with Crippen LogP contribution >= 0.6 is 11.3 Å². The molecule has 0 spiro atoms. The van der Waals surface area contributed by atoms with E-state index in [2.05, 4.69) is 264 Å². The Labute approximate surface area is 441 Å². The van der Waals surface area contributed by atoms with E-state index in [1.807, 2.05) is 17.4 Å². The molecule has 0 fully saturated rings. The van der Waals surface area contributed by atoms with Gasteiger partial charge < -0.3 is 9.13 Å². The maximum absolute atomic E-state index is 5.63. The van der Waals surface area contributed by atoms with Crippen molar-refractivity contribution in [2.75, 3.05) is 0 Å². The van der Waals surface area contributed by atoms with Crippen LogP contribution in [0, 0.1) is 0 Å². The van der Waals surface area contributed by atoms with Crippen LogP contribution < -0.4 is 0 Å². The molecule has 0 aliphatic heterocycles. The lowest BCUT2D eigenvalue weighted by molar-refractivity contribution is 0.768. The SMILES string of the molecule is c1ccc(-c2nc(-c3ccc4c(c3)C(c3ccccc3)(c3ccccc3)c3ccccc3-4)nc(-c3cc(-n4c5ccccc5c5cc6c7ccccc7n(-c7ccccc7)c6cc54)cc4sc5ccccc5c34)n2)cc1. The first-order valence-electron chi connectivity index (χ1n) is 25.8. The number of hydrogen-bond acceptors (Lipinski definition) is 4. The molecule has 5 nitrogen and oxygen atoms in total. The summed E-state index contributed by atoms with van der Waals surface area (Å²) in [6.07, 6.45) is 0. The lowest BCUT2D eigenvalue weighted by Gasteiger charge is -2.34. The van der Waals surface area contributed by atoms with E-state index in [9.17, 15) is 0 Å². The van der Waals surface area contributed by atoms with Crippen molar-refractivity contribution < 1.29 is 0 Å². The smallest absolute Gasteiger partial charge is 0.164 e. The largest absolute Gasteiger partial charge is 0.309 e. The van der Waals surface area contributed by atoms with E-state index in [1.165, 1.54) is 70.5 Å². The predicted molar refractivity (Wildman–Crippen MR) is 315 cm³/mol. The molecular formula is C70H43N5S. The van der Waals surface area contributed by atoms with Gasteiger partial charge in [-0.15, -0.1) is 11.3 Å². The molecule has 4 heterocycles. The second-order valence-electron chi connectivity index (χ2n) is 19.9. The molecule has 11 aromatic carbocycles. The van der Waals surface area contributed by atoms with Gasteiger partial charge in [0.15, 0.2) is 17.5 Å². The Hall–Kier alpha value is -9.75. The van der Waals surface area contributed by atoms with E-state index in [0.717, 1.165) is 54.7 Å². The summed E-state index contributed by atoms with van der Waals surface area (Å²) in [5.41, 5.74) is 16.3. The molecule has 0 unspecified atom stereocenters. The maximum Gasteiger partial charge on any atom is 0.164 e. The molecule has 16 rings (SSSR count). The van der Waals surface area contributed by atoms with Crippen LogP contribution in [0.5, 0.6) is 0 Å². The van der Waals surface area contributed by atoms with Gasteiger partial charge in [0, 0.05) is 69.8 Å². The van der Waals surface area contributed by atoms with E-state index >= 15 is 0 Å². The molecule has 0 saturated carbocycles. The van der Waals surface area contributed by atoms with Gasteiger partial charge in [0.2, 0.25) is 0 Å². The molecular weight excluding hydrogens is 943 g/mol. The number of nitrogens with zero attached hydrogens (tertiary/aromatic N) is 5. The topological polar surface area (TPSA) is 48.5 Å². The van der Waals surface area contributed by atoms with Gasteiger partial charge in [-0.3, -0.25) is 0 Å². The van der Waals surface area contributed by atoms with Gasteiger partial charge >= 0.3 is 0 Å². The fraction of sp³-hybridized carbons (Fsp3) is 0.0143. The van der Waals surface area contributed by atoms with Crippen molar-refractivity contribution in [1.82, 2.24) is 24.1 Å². The van der Waals surface area contributed by atoms with E-state index < -0.39 is 5.41 Å². The van der Waals surface area contributed by atoms with Crippen molar-refractivity contribution in [3.8, 4) is 56.7 Å². The zero-order valence-electron chi connectivity index (χ0n) is 41.0. The van der Waals surface area contributed by atoms with E-state index in [4.69, 9.17) is 15.0 Å². The Morgan fingerprint density at radius 3 is 1.51 bits per heavy atom. The van der Waals surface area contributed by atoms with Crippen LogP contribution in [0.2, 0.25) is 0 Å². The maximum atomic E-state index is 5.63. The lowest BCUT2D eigenvalue weighted by atomic mass is 9.67. The van der Waals surface area contributed by atoms with Crippen LogP contribution in [0.4, 0.5) is 0 Å². The molecule has 0 radical (unpaired) electrons. The first kappa shape index (κ1) is 42.7. The Morgan fingerprint density at radius 1 is 0.303 bits per heavy atom. The van der Waals surface area contributed by atoms with Crippen LogP contribution in [0.1, 0.15) is 22.3 Å². The van der Waals surface area contributed by atoms with Gasteiger partial charge in [0.1, 0.15) is 0 Å². The van der Waals surface area contributed by atoms with E-state index in [-0.39, 0.29) is 0 Å². The molecule has 0 bridgehead atoms. The first-order chi connectivity index (χ1) is 37.7. The monoisotopic (exact) mass is 985 g/mol. The second-order valence-corrected chi connectivity index (χ2v) is 20.9.